The van der Waals surface area contributed by atoms with Crippen molar-refractivity contribution in [2.45, 2.75) is 32.2 Å². The highest BCUT2D eigenvalue weighted by molar-refractivity contribution is 5.45. The number of anilines is 1. The Morgan fingerprint density at radius 1 is 1.24 bits per heavy atom. The summed E-state index contributed by atoms with van der Waals surface area (Å²) in [6, 6.07) is 7.62. The van der Waals surface area contributed by atoms with Crippen LogP contribution in [0.1, 0.15) is 35.8 Å². The number of aromatic nitrogens is 3. The lowest BCUT2D eigenvalue weighted by atomic mass is 10.00. The van der Waals surface area contributed by atoms with Crippen molar-refractivity contribution in [3.05, 3.63) is 64.1 Å². The minimum absolute atomic E-state index is 0.0114. The first-order valence-corrected chi connectivity index (χ1v) is 8.63. The van der Waals surface area contributed by atoms with Crippen molar-refractivity contribution in [3.8, 4) is 0 Å². The predicted molar refractivity (Wildman–Crippen MR) is 96.9 cm³/mol. The molecule has 2 aromatic heterocycles. The molecule has 0 unspecified atom stereocenters. The largest absolute Gasteiger partial charge is 0.399 e. The first-order chi connectivity index (χ1) is 12.1. The van der Waals surface area contributed by atoms with Crippen LogP contribution in [0.2, 0.25) is 0 Å². The van der Waals surface area contributed by atoms with Crippen LogP contribution in [0.15, 0.2) is 41.5 Å². The predicted octanol–water partition coefficient (Wildman–Crippen LogP) is 2.33. The topological polar surface area (TPSA) is 74.5 Å². The van der Waals surface area contributed by atoms with Crippen molar-refractivity contribution in [1.29, 1.82) is 0 Å². The second-order valence-electron chi connectivity index (χ2n) is 6.66. The maximum Gasteiger partial charge on any atom is 0.276 e. The van der Waals surface area contributed by atoms with Gasteiger partial charge in [0.05, 0.1) is 12.7 Å². The summed E-state index contributed by atoms with van der Waals surface area (Å²) in [6.45, 7) is 4.00. The summed E-state index contributed by atoms with van der Waals surface area (Å²) in [5.74, 6) is 1.32. The molecule has 4 rings (SSSR count). The lowest BCUT2D eigenvalue weighted by Crippen LogP contribution is -2.25. The Morgan fingerprint density at radius 2 is 1.96 bits per heavy atom. The average molecular weight is 338 g/mol. The van der Waals surface area contributed by atoms with E-state index in [0.717, 1.165) is 48.8 Å². The van der Waals surface area contributed by atoms with Crippen LogP contribution in [0, 0.1) is 6.92 Å². The van der Waals surface area contributed by atoms with Gasteiger partial charge in [-0.15, -0.1) is 0 Å². The van der Waals surface area contributed by atoms with E-state index in [1.165, 1.54) is 0 Å². The number of rotatable bonds is 3. The van der Waals surface area contributed by atoms with Crippen LogP contribution in [-0.4, -0.2) is 27.2 Å². The molecule has 1 fully saturated rings. The first-order valence-electron chi connectivity index (χ1n) is 8.63. The number of benzene rings is 1. The van der Waals surface area contributed by atoms with Gasteiger partial charge in [0.15, 0.2) is 0 Å². The van der Waals surface area contributed by atoms with Gasteiger partial charge < -0.3 is 15.0 Å². The van der Waals surface area contributed by atoms with Crippen LogP contribution in [0.25, 0.3) is 5.52 Å². The molecule has 130 valence electrons. The van der Waals surface area contributed by atoms with Gasteiger partial charge in [-0.05, 0) is 37.5 Å². The van der Waals surface area contributed by atoms with E-state index in [0.29, 0.717) is 18.0 Å². The second-order valence-corrected chi connectivity index (χ2v) is 6.66. The lowest BCUT2D eigenvalue weighted by molar-refractivity contribution is 0.0835. The summed E-state index contributed by atoms with van der Waals surface area (Å²) in [5, 5.41) is 0. The number of nitrogen functional groups attached to an aromatic ring is 1. The van der Waals surface area contributed by atoms with Crippen LogP contribution in [0.4, 0.5) is 5.69 Å². The maximum absolute atomic E-state index is 13.0. The molecule has 1 aliphatic heterocycles. The number of hydrogen-bond donors (Lipinski definition) is 1. The van der Waals surface area contributed by atoms with E-state index >= 15 is 0 Å². The van der Waals surface area contributed by atoms with Crippen molar-refractivity contribution in [1.82, 2.24) is 14.0 Å². The van der Waals surface area contributed by atoms with Gasteiger partial charge in [0.25, 0.3) is 5.56 Å². The fourth-order valence-corrected chi connectivity index (χ4v) is 3.48. The summed E-state index contributed by atoms with van der Waals surface area (Å²) >= 11 is 0. The molecular formula is C19H22N4O2. The highest BCUT2D eigenvalue weighted by atomic mass is 16.5. The molecule has 0 saturated carbocycles. The summed E-state index contributed by atoms with van der Waals surface area (Å²) in [4.78, 5) is 17.5. The molecule has 6 nitrogen and oxygen atoms in total. The number of imidazole rings is 1. The fourth-order valence-electron chi connectivity index (χ4n) is 3.48. The van der Waals surface area contributed by atoms with Crippen LogP contribution >= 0.6 is 0 Å². The van der Waals surface area contributed by atoms with E-state index in [1.807, 2.05) is 41.8 Å². The number of aryl methyl sites for hydroxylation is 1. The summed E-state index contributed by atoms with van der Waals surface area (Å²) in [6.07, 6.45) is 5.62. The Hall–Kier alpha value is -2.60. The fraction of sp³-hybridized carbons (Fsp3) is 0.368. The highest BCUT2D eigenvalue weighted by Gasteiger charge is 2.21. The summed E-state index contributed by atoms with van der Waals surface area (Å²) in [5.41, 5.74) is 9.04. The Morgan fingerprint density at radius 3 is 2.68 bits per heavy atom. The van der Waals surface area contributed by atoms with E-state index < -0.39 is 0 Å². The van der Waals surface area contributed by atoms with Crippen LogP contribution in [-0.2, 0) is 11.3 Å². The summed E-state index contributed by atoms with van der Waals surface area (Å²) < 4.78 is 9.19. The van der Waals surface area contributed by atoms with Crippen LogP contribution in [0.3, 0.4) is 0 Å². The smallest absolute Gasteiger partial charge is 0.276 e. The van der Waals surface area contributed by atoms with Gasteiger partial charge >= 0.3 is 0 Å². The molecule has 0 atom stereocenters. The van der Waals surface area contributed by atoms with Crippen molar-refractivity contribution < 1.29 is 4.74 Å². The number of hydrogen-bond acceptors (Lipinski definition) is 4. The van der Waals surface area contributed by atoms with E-state index in [2.05, 4.69) is 4.98 Å². The second kappa shape index (κ2) is 6.37. The normalized spacial score (nSPS) is 15.7. The van der Waals surface area contributed by atoms with Crippen LogP contribution in [0.5, 0.6) is 0 Å². The van der Waals surface area contributed by atoms with Crippen molar-refractivity contribution in [2.75, 3.05) is 18.9 Å². The van der Waals surface area contributed by atoms with E-state index in [4.69, 9.17) is 10.5 Å². The molecule has 0 amide bonds. The van der Waals surface area contributed by atoms with Gasteiger partial charge in [-0.25, -0.2) is 4.98 Å². The third kappa shape index (κ3) is 2.93. The number of nitrogens with two attached hydrogens (primary N) is 1. The van der Waals surface area contributed by atoms with Gasteiger partial charge in [-0.2, -0.15) is 0 Å². The van der Waals surface area contributed by atoms with Crippen LogP contribution < -0.4 is 11.3 Å². The van der Waals surface area contributed by atoms with Crippen molar-refractivity contribution >= 4 is 11.2 Å². The zero-order valence-electron chi connectivity index (χ0n) is 14.3. The molecule has 1 saturated heterocycles. The van der Waals surface area contributed by atoms with E-state index in [1.54, 1.807) is 10.8 Å². The lowest BCUT2D eigenvalue weighted by Gasteiger charge is -2.21. The zero-order chi connectivity index (χ0) is 17.4. The zero-order valence-corrected chi connectivity index (χ0v) is 14.3. The molecule has 1 aromatic carbocycles. The molecule has 1 aliphatic rings. The summed E-state index contributed by atoms with van der Waals surface area (Å²) in [7, 11) is 0. The Kier molecular flexibility index (Phi) is 4.05. The Labute approximate surface area is 145 Å². The number of fused-ring (bicyclic) bond motifs is 1. The SMILES string of the molecule is Cc1cn2c(C3CCOCC3)ncc2c(=O)n1Cc1ccc(N)cc1. The van der Waals surface area contributed by atoms with Crippen molar-refractivity contribution in [3.63, 3.8) is 0 Å². The van der Waals surface area contributed by atoms with Gasteiger partial charge in [-0.3, -0.25) is 9.20 Å². The van der Waals surface area contributed by atoms with Gasteiger partial charge in [-0.1, -0.05) is 12.1 Å². The molecule has 6 heteroatoms. The van der Waals surface area contributed by atoms with Crippen molar-refractivity contribution in [2.24, 2.45) is 0 Å². The maximum atomic E-state index is 13.0. The molecule has 3 aromatic rings. The minimum atomic E-state index is -0.0114. The third-order valence-electron chi connectivity index (χ3n) is 4.94. The molecule has 0 aliphatic carbocycles. The van der Waals surface area contributed by atoms with E-state index in [9.17, 15) is 4.79 Å². The molecule has 0 bridgehead atoms. The molecular weight excluding hydrogens is 316 g/mol. The molecule has 0 radical (unpaired) electrons. The minimum Gasteiger partial charge on any atom is -0.399 e. The molecule has 3 heterocycles. The standard InChI is InChI=1S/C19H22N4O2/c1-13-11-23-17(10-21-18(23)15-6-8-25-9-7-15)19(24)22(13)12-14-2-4-16(20)5-3-14/h2-5,10-11,15H,6-9,12,20H2,1H3. The molecule has 0 spiro atoms. The molecule has 25 heavy (non-hydrogen) atoms. The third-order valence-corrected chi connectivity index (χ3v) is 4.94. The Bertz CT molecular complexity index is 950. The number of ether oxygens (including phenoxy) is 1. The van der Waals surface area contributed by atoms with Gasteiger partial charge in [0.1, 0.15) is 11.3 Å². The number of nitrogens with zero attached hydrogens (tertiary/aromatic N) is 3. The van der Waals surface area contributed by atoms with Gasteiger partial charge in [0, 0.05) is 36.7 Å². The first kappa shape index (κ1) is 15.9. The molecule has 2 N–H and O–H groups in total. The highest BCUT2D eigenvalue weighted by Crippen LogP contribution is 2.26. The monoisotopic (exact) mass is 338 g/mol. The van der Waals surface area contributed by atoms with E-state index in [-0.39, 0.29) is 5.56 Å². The Balaban J connectivity index is 1.74. The average Bonchev–Trinajstić information content (AvgIpc) is 3.05. The van der Waals surface area contributed by atoms with Gasteiger partial charge in [0.2, 0.25) is 0 Å². The quantitative estimate of drug-likeness (QED) is 0.744.